The van der Waals surface area contributed by atoms with E-state index in [4.69, 9.17) is 0 Å². The minimum absolute atomic E-state index is 0. The number of nitrogens with zero attached hydrogens (tertiary/aromatic N) is 1. The van der Waals surface area contributed by atoms with E-state index in [2.05, 4.69) is 10.3 Å². The lowest BCUT2D eigenvalue weighted by Crippen LogP contribution is -2.20. The summed E-state index contributed by atoms with van der Waals surface area (Å²) in [6.45, 7) is 0.828. The Balaban J connectivity index is 0.000000980. The van der Waals surface area contributed by atoms with E-state index >= 15 is 0 Å². The van der Waals surface area contributed by atoms with Crippen molar-refractivity contribution in [3.05, 3.63) is 30.1 Å². The largest absolute Gasteiger partial charge is 0.356 e. The molecule has 1 unspecified atom stereocenters. The highest BCUT2D eigenvalue weighted by atomic mass is 35.5. The highest BCUT2D eigenvalue weighted by Gasteiger charge is 2.23. The highest BCUT2D eigenvalue weighted by Crippen LogP contribution is 2.15. The molecular weight excluding hydrogens is 200 g/mol. The Labute approximate surface area is 89.3 Å². The quantitative estimate of drug-likeness (QED) is 0.800. The van der Waals surface area contributed by atoms with Crippen LogP contribution in [0.25, 0.3) is 0 Å². The molecule has 0 radical (unpaired) electrons. The standard InChI is InChI=1S/C10H12N2O.ClH/c13-10-9(3-6-12-10)7-8-1-4-11-5-2-8;/h1-2,4-5,9H,3,6-7H2,(H,12,13);1H. The Morgan fingerprint density at radius 1 is 1.43 bits per heavy atom. The molecule has 14 heavy (non-hydrogen) atoms. The van der Waals surface area contributed by atoms with E-state index in [0.717, 1.165) is 19.4 Å². The summed E-state index contributed by atoms with van der Waals surface area (Å²) >= 11 is 0. The first kappa shape index (κ1) is 11.0. The number of hydrogen-bond donors (Lipinski definition) is 1. The molecule has 0 spiro atoms. The molecule has 4 heteroatoms. The van der Waals surface area contributed by atoms with Gasteiger partial charge in [0.15, 0.2) is 0 Å². The number of rotatable bonds is 2. The number of hydrogen-bond acceptors (Lipinski definition) is 2. The second-order valence-electron chi connectivity index (χ2n) is 3.34. The lowest BCUT2D eigenvalue weighted by molar-refractivity contribution is -0.122. The molecule has 1 amide bonds. The number of amides is 1. The van der Waals surface area contributed by atoms with E-state index < -0.39 is 0 Å². The van der Waals surface area contributed by atoms with Crippen molar-refractivity contribution in [3.8, 4) is 0 Å². The normalized spacial score (nSPS) is 20.0. The summed E-state index contributed by atoms with van der Waals surface area (Å²) in [6, 6.07) is 3.93. The fourth-order valence-electron chi connectivity index (χ4n) is 1.64. The summed E-state index contributed by atoms with van der Waals surface area (Å²) in [5.41, 5.74) is 1.19. The van der Waals surface area contributed by atoms with Crippen molar-refractivity contribution >= 4 is 18.3 Å². The van der Waals surface area contributed by atoms with Gasteiger partial charge in [0.05, 0.1) is 0 Å². The van der Waals surface area contributed by atoms with Gasteiger partial charge < -0.3 is 5.32 Å². The van der Waals surface area contributed by atoms with Gasteiger partial charge in [0.2, 0.25) is 5.91 Å². The van der Waals surface area contributed by atoms with Crippen LogP contribution in [-0.4, -0.2) is 17.4 Å². The van der Waals surface area contributed by atoms with Crippen molar-refractivity contribution in [1.82, 2.24) is 10.3 Å². The zero-order valence-electron chi connectivity index (χ0n) is 7.77. The Hall–Kier alpha value is -1.09. The summed E-state index contributed by atoms with van der Waals surface area (Å²) in [6.07, 6.45) is 5.33. The molecule has 1 aliphatic rings. The third kappa shape index (κ3) is 2.45. The molecular formula is C10H13ClN2O. The van der Waals surface area contributed by atoms with Gasteiger partial charge in [-0.3, -0.25) is 9.78 Å². The van der Waals surface area contributed by atoms with Crippen LogP contribution in [0, 0.1) is 5.92 Å². The Morgan fingerprint density at radius 3 is 2.71 bits per heavy atom. The van der Waals surface area contributed by atoms with E-state index in [9.17, 15) is 4.79 Å². The molecule has 0 bridgehead atoms. The van der Waals surface area contributed by atoms with Gasteiger partial charge in [-0.05, 0) is 30.5 Å². The Morgan fingerprint density at radius 2 is 2.14 bits per heavy atom. The van der Waals surface area contributed by atoms with Gasteiger partial charge in [-0.1, -0.05) is 0 Å². The molecule has 1 aromatic rings. The van der Waals surface area contributed by atoms with Crippen LogP contribution in [0.3, 0.4) is 0 Å². The van der Waals surface area contributed by atoms with Crippen molar-refractivity contribution in [2.75, 3.05) is 6.54 Å². The lowest BCUT2D eigenvalue weighted by atomic mass is 9.99. The van der Waals surface area contributed by atoms with Crippen molar-refractivity contribution in [2.24, 2.45) is 5.92 Å². The topological polar surface area (TPSA) is 42.0 Å². The summed E-state index contributed by atoms with van der Waals surface area (Å²) in [7, 11) is 0. The molecule has 2 rings (SSSR count). The van der Waals surface area contributed by atoms with Gasteiger partial charge in [-0.15, -0.1) is 12.4 Å². The van der Waals surface area contributed by atoms with Crippen LogP contribution in [0.1, 0.15) is 12.0 Å². The second-order valence-corrected chi connectivity index (χ2v) is 3.34. The zero-order valence-corrected chi connectivity index (χ0v) is 8.59. The van der Waals surface area contributed by atoms with E-state index in [1.807, 2.05) is 12.1 Å². The number of pyridine rings is 1. The van der Waals surface area contributed by atoms with Gasteiger partial charge in [0, 0.05) is 24.9 Å². The number of carbonyl (C=O) groups excluding carboxylic acids is 1. The predicted molar refractivity (Wildman–Crippen MR) is 56.3 cm³/mol. The van der Waals surface area contributed by atoms with Crippen molar-refractivity contribution < 1.29 is 4.79 Å². The van der Waals surface area contributed by atoms with Crippen molar-refractivity contribution in [3.63, 3.8) is 0 Å². The van der Waals surface area contributed by atoms with E-state index in [1.54, 1.807) is 12.4 Å². The summed E-state index contributed by atoms with van der Waals surface area (Å²) in [5, 5.41) is 2.84. The van der Waals surface area contributed by atoms with Crippen LogP contribution < -0.4 is 5.32 Å². The maximum absolute atomic E-state index is 11.3. The molecule has 1 N–H and O–H groups in total. The first-order valence-corrected chi connectivity index (χ1v) is 4.53. The molecule has 0 aliphatic carbocycles. The highest BCUT2D eigenvalue weighted by molar-refractivity contribution is 5.85. The number of aromatic nitrogens is 1. The van der Waals surface area contributed by atoms with Gasteiger partial charge in [-0.25, -0.2) is 0 Å². The second kappa shape index (κ2) is 4.96. The number of nitrogens with one attached hydrogen (secondary N) is 1. The van der Waals surface area contributed by atoms with E-state index in [0.29, 0.717) is 0 Å². The minimum atomic E-state index is 0. The third-order valence-electron chi connectivity index (χ3n) is 2.39. The fraction of sp³-hybridized carbons (Fsp3) is 0.400. The zero-order chi connectivity index (χ0) is 9.10. The van der Waals surface area contributed by atoms with E-state index in [-0.39, 0.29) is 24.2 Å². The summed E-state index contributed by atoms with van der Waals surface area (Å²) < 4.78 is 0. The summed E-state index contributed by atoms with van der Waals surface area (Å²) in [5.74, 6) is 0.360. The van der Waals surface area contributed by atoms with Gasteiger partial charge in [-0.2, -0.15) is 0 Å². The smallest absolute Gasteiger partial charge is 0.223 e. The number of carbonyl (C=O) groups is 1. The van der Waals surface area contributed by atoms with Gasteiger partial charge in [0.1, 0.15) is 0 Å². The molecule has 2 heterocycles. The fourth-order valence-corrected chi connectivity index (χ4v) is 1.64. The minimum Gasteiger partial charge on any atom is -0.356 e. The Bertz CT molecular complexity index is 302. The lowest BCUT2D eigenvalue weighted by Gasteiger charge is -2.05. The van der Waals surface area contributed by atoms with Crippen LogP contribution in [0.4, 0.5) is 0 Å². The molecule has 1 saturated heterocycles. The average molecular weight is 213 g/mol. The van der Waals surface area contributed by atoms with Crippen LogP contribution in [-0.2, 0) is 11.2 Å². The first-order chi connectivity index (χ1) is 6.36. The molecule has 1 atom stereocenters. The Kier molecular flexibility index (Phi) is 3.89. The van der Waals surface area contributed by atoms with E-state index in [1.165, 1.54) is 5.56 Å². The maximum Gasteiger partial charge on any atom is 0.223 e. The predicted octanol–water partition coefficient (Wildman–Crippen LogP) is 1.18. The SMILES string of the molecule is Cl.O=C1NCCC1Cc1ccncc1. The molecule has 0 saturated carbocycles. The molecule has 1 aromatic heterocycles. The molecule has 1 aliphatic heterocycles. The molecule has 3 nitrogen and oxygen atoms in total. The van der Waals surface area contributed by atoms with Crippen LogP contribution in [0.5, 0.6) is 0 Å². The summed E-state index contributed by atoms with van der Waals surface area (Å²) in [4.78, 5) is 15.2. The third-order valence-corrected chi connectivity index (χ3v) is 2.39. The van der Waals surface area contributed by atoms with Crippen LogP contribution in [0.2, 0.25) is 0 Å². The molecule has 0 aromatic carbocycles. The molecule has 1 fully saturated rings. The van der Waals surface area contributed by atoms with Crippen molar-refractivity contribution in [1.29, 1.82) is 0 Å². The van der Waals surface area contributed by atoms with Crippen LogP contribution >= 0.6 is 12.4 Å². The van der Waals surface area contributed by atoms with Crippen LogP contribution in [0.15, 0.2) is 24.5 Å². The average Bonchev–Trinajstić information content (AvgIpc) is 2.54. The first-order valence-electron chi connectivity index (χ1n) is 4.53. The molecule has 76 valence electrons. The maximum atomic E-state index is 11.3. The number of halogens is 1. The monoisotopic (exact) mass is 212 g/mol. The van der Waals surface area contributed by atoms with Crippen molar-refractivity contribution in [2.45, 2.75) is 12.8 Å². The van der Waals surface area contributed by atoms with Gasteiger partial charge in [0.25, 0.3) is 0 Å². The van der Waals surface area contributed by atoms with Gasteiger partial charge >= 0.3 is 0 Å².